The Balaban J connectivity index is 1.91. The number of aliphatic hydroxyl groups is 1. The van der Waals surface area contributed by atoms with Crippen molar-refractivity contribution in [2.75, 3.05) is 27.3 Å². The van der Waals surface area contributed by atoms with Gasteiger partial charge in [-0.25, -0.2) is 0 Å². The van der Waals surface area contributed by atoms with E-state index in [1.807, 2.05) is 24.1 Å². The highest BCUT2D eigenvalue weighted by atomic mass is 35.5. The smallest absolute Gasteiger partial charge is 0.161 e. The lowest BCUT2D eigenvalue weighted by Crippen LogP contribution is -2.32. The molecule has 0 aromatic heterocycles. The zero-order chi connectivity index (χ0) is 20.0. The van der Waals surface area contributed by atoms with Gasteiger partial charge in [-0.1, -0.05) is 35.3 Å². The van der Waals surface area contributed by atoms with Crippen molar-refractivity contribution in [3.05, 3.63) is 57.6 Å². The predicted molar refractivity (Wildman–Crippen MR) is 107 cm³/mol. The number of halogens is 2. The normalized spacial score (nSPS) is 12.1. The molecule has 0 spiro atoms. The van der Waals surface area contributed by atoms with Crippen molar-refractivity contribution in [1.29, 1.82) is 0 Å². The summed E-state index contributed by atoms with van der Waals surface area (Å²) in [4.78, 5) is 13.4. The molecule has 2 rings (SSSR count). The maximum Gasteiger partial charge on any atom is 0.161 e. The maximum atomic E-state index is 11.4. The van der Waals surface area contributed by atoms with Gasteiger partial charge in [0, 0.05) is 18.7 Å². The molecule has 1 atom stereocenters. The second-order valence-electron chi connectivity index (χ2n) is 6.30. The van der Waals surface area contributed by atoms with E-state index in [0.29, 0.717) is 40.2 Å². The molecular formula is C20H23Cl2NO4. The van der Waals surface area contributed by atoms with Crippen LogP contribution in [-0.2, 0) is 6.54 Å². The first-order valence-corrected chi connectivity index (χ1v) is 9.18. The van der Waals surface area contributed by atoms with Crippen LogP contribution < -0.4 is 9.47 Å². The first kappa shape index (κ1) is 21.5. The molecule has 1 N–H and O–H groups in total. The lowest BCUT2D eigenvalue weighted by atomic mass is 10.1. The summed E-state index contributed by atoms with van der Waals surface area (Å²) in [5.41, 5.74) is 1.43. The molecular weight excluding hydrogens is 389 g/mol. The number of aliphatic hydroxyl groups excluding tert-OH is 1. The summed E-state index contributed by atoms with van der Waals surface area (Å²) in [5.74, 6) is 0.872. The van der Waals surface area contributed by atoms with Gasteiger partial charge in [-0.2, -0.15) is 0 Å². The Morgan fingerprint density at radius 3 is 2.63 bits per heavy atom. The zero-order valence-electron chi connectivity index (χ0n) is 15.5. The van der Waals surface area contributed by atoms with E-state index < -0.39 is 6.10 Å². The van der Waals surface area contributed by atoms with Crippen LogP contribution in [0.4, 0.5) is 0 Å². The van der Waals surface area contributed by atoms with E-state index in [1.165, 1.54) is 14.0 Å². The lowest BCUT2D eigenvalue weighted by molar-refractivity contribution is 0.0732. The number of ketones is 1. The number of Topliss-reactive ketones (excluding diaryl/α,β-unsaturated/α-hetero) is 1. The van der Waals surface area contributed by atoms with Crippen LogP contribution in [0, 0.1) is 0 Å². The second-order valence-corrected chi connectivity index (χ2v) is 7.08. The molecule has 146 valence electrons. The fourth-order valence-corrected chi connectivity index (χ4v) is 3.01. The first-order valence-electron chi connectivity index (χ1n) is 8.43. The van der Waals surface area contributed by atoms with E-state index in [-0.39, 0.29) is 12.4 Å². The number of nitrogens with zero attached hydrogens (tertiary/aromatic N) is 1. The molecule has 27 heavy (non-hydrogen) atoms. The van der Waals surface area contributed by atoms with Crippen molar-refractivity contribution in [2.45, 2.75) is 19.6 Å². The maximum absolute atomic E-state index is 11.4. The van der Waals surface area contributed by atoms with Crippen LogP contribution in [0.15, 0.2) is 36.4 Å². The number of ether oxygens (including phenoxy) is 2. The molecule has 0 aliphatic heterocycles. The Bertz CT molecular complexity index is 798. The Morgan fingerprint density at radius 1 is 1.22 bits per heavy atom. The van der Waals surface area contributed by atoms with Crippen molar-refractivity contribution < 1.29 is 19.4 Å². The van der Waals surface area contributed by atoms with Crippen LogP contribution in [0.2, 0.25) is 10.0 Å². The predicted octanol–water partition coefficient (Wildman–Crippen LogP) is 4.08. The highest BCUT2D eigenvalue weighted by Gasteiger charge is 2.14. The Labute approximate surface area is 169 Å². The van der Waals surface area contributed by atoms with E-state index in [0.717, 1.165) is 5.56 Å². The third-order valence-corrected chi connectivity index (χ3v) is 4.85. The first-order chi connectivity index (χ1) is 12.8. The summed E-state index contributed by atoms with van der Waals surface area (Å²) in [5, 5.41) is 11.3. The van der Waals surface area contributed by atoms with Gasteiger partial charge in [0.1, 0.15) is 12.7 Å². The van der Waals surface area contributed by atoms with E-state index in [2.05, 4.69) is 0 Å². The molecule has 0 radical (unpaired) electrons. The molecule has 0 saturated carbocycles. The van der Waals surface area contributed by atoms with Crippen LogP contribution in [0.5, 0.6) is 11.5 Å². The number of carbonyl (C=O) groups is 1. The SMILES string of the molecule is COc1cc(C(C)=O)ccc1OCC(O)CN(C)Cc1cccc(Cl)c1Cl. The minimum atomic E-state index is -0.717. The van der Waals surface area contributed by atoms with Crippen LogP contribution in [-0.4, -0.2) is 49.2 Å². The molecule has 0 aliphatic rings. The van der Waals surface area contributed by atoms with Crippen molar-refractivity contribution in [3.63, 3.8) is 0 Å². The summed E-state index contributed by atoms with van der Waals surface area (Å²) >= 11 is 12.2. The largest absolute Gasteiger partial charge is 0.493 e. The second kappa shape index (κ2) is 9.95. The molecule has 0 amide bonds. The number of hydrogen-bond acceptors (Lipinski definition) is 5. The van der Waals surface area contributed by atoms with Crippen LogP contribution in [0.25, 0.3) is 0 Å². The fraction of sp³-hybridized carbons (Fsp3) is 0.350. The van der Waals surface area contributed by atoms with Crippen LogP contribution >= 0.6 is 23.2 Å². The average molecular weight is 412 g/mol. The zero-order valence-corrected chi connectivity index (χ0v) is 17.0. The fourth-order valence-electron chi connectivity index (χ4n) is 2.63. The Hall–Kier alpha value is -1.79. The van der Waals surface area contributed by atoms with E-state index >= 15 is 0 Å². The highest BCUT2D eigenvalue weighted by Crippen LogP contribution is 2.29. The molecule has 1 unspecified atom stereocenters. The van der Waals surface area contributed by atoms with Gasteiger partial charge in [0.15, 0.2) is 17.3 Å². The lowest BCUT2D eigenvalue weighted by Gasteiger charge is -2.22. The van der Waals surface area contributed by atoms with Gasteiger partial charge in [0.2, 0.25) is 0 Å². The van der Waals surface area contributed by atoms with Gasteiger partial charge >= 0.3 is 0 Å². The quantitative estimate of drug-likeness (QED) is 0.629. The van der Waals surface area contributed by atoms with E-state index in [9.17, 15) is 9.90 Å². The Morgan fingerprint density at radius 2 is 1.96 bits per heavy atom. The van der Waals surface area contributed by atoms with E-state index in [1.54, 1.807) is 24.3 Å². The van der Waals surface area contributed by atoms with Crippen molar-refractivity contribution in [1.82, 2.24) is 4.90 Å². The number of hydrogen-bond donors (Lipinski definition) is 1. The van der Waals surface area contributed by atoms with Gasteiger partial charge in [-0.3, -0.25) is 9.69 Å². The van der Waals surface area contributed by atoms with Gasteiger partial charge in [-0.15, -0.1) is 0 Å². The van der Waals surface area contributed by atoms with Crippen molar-refractivity contribution >= 4 is 29.0 Å². The molecule has 5 nitrogen and oxygen atoms in total. The van der Waals surface area contributed by atoms with E-state index in [4.69, 9.17) is 32.7 Å². The number of likely N-dealkylation sites (N-methyl/N-ethyl adjacent to an activating group) is 1. The van der Waals surface area contributed by atoms with Gasteiger partial charge in [-0.05, 0) is 43.8 Å². The molecule has 0 heterocycles. The molecule has 2 aromatic rings. The summed E-state index contributed by atoms with van der Waals surface area (Å²) in [7, 11) is 3.38. The molecule has 7 heteroatoms. The summed E-state index contributed by atoms with van der Waals surface area (Å²) in [6, 6.07) is 10.4. The molecule has 2 aromatic carbocycles. The Kier molecular flexibility index (Phi) is 7.92. The molecule has 0 saturated heterocycles. The number of rotatable bonds is 9. The monoisotopic (exact) mass is 411 g/mol. The van der Waals surface area contributed by atoms with Crippen molar-refractivity contribution in [2.24, 2.45) is 0 Å². The summed E-state index contributed by atoms with van der Waals surface area (Å²) in [6.07, 6.45) is -0.717. The van der Waals surface area contributed by atoms with Gasteiger partial charge in [0.25, 0.3) is 0 Å². The standard InChI is InChI=1S/C20H23Cl2NO4/c1-13(24)14-7-8-18(19(9-14)26-3)27-12-16(25)11-23(2)10-15-5-4-6-17(21)20(15)22/h4-9,16,25H,10-12H2,1-3H3. The molecule has 0 aliphatic carbocycles. The summed E-state index contributed by atoms with van der Waals surface area (Å²) < 4.78 is 10.9. The third kappa shape index (κ3) is 6.11. The topological polar surface area (TPSA) is 59.0 Å². The van der Waals surface area contributed by atoms with Crippen LogP contribution in [0.1, 0.15) is 22.8 Å². The molecule has 0 fully saturated rings. The van der Waals surface area contributed by atoms with Gasteiger partial charge in [0.05, 0.1) is 17.2 Å². The summed E-state index contributed by atoms with van der Waals surface area (Å²) in [6.45, 7) is 2.51. The number of methoxy groups -OCH3 is 1. The third-order valence-electron chi connectivity index (χ3n) is 4.00. The minimum Gasteiger partial charge on any atom is -0.493 e. The average Bonchev–Trinajstić information content (AvgIpc) is 2.63. The van der Waals surface area contributed by atoms with Crippen molar-refractivity contribution in [3.8, 4) is 11.5 Å². The number of benzene rings is 2. The molecule has 0 bridgehead atoms. The van der Waals surface area contributed by atoms with Crippen LogP contribution in [0.3, 0.4) is 0 Å². The highest BCUT2D eigenvalue weighted by molar-refractivity contribution is 6.42. The number of carbonyl (C=O) groups excluding carboxylic acids is 1. The van der Waals surface area contributed by atoms with Gasteiger partial charge < -0.3 is 14.6 Å². The minimum absolute atomic E-state index is 0.0545.